The molecule has 0 aromatic heterocycles. The quantitative estimate of drug-likeness (QED) is 0.701. The van der Waals surface area contributed by atoms with Gasteiger partial charge in [-0.1, -0.05) is 6.92 Å². The molecule has 2 unspecified atom stereocenters. The predicted octanol–water partition coefficient (Wildman–Crippen LogP) is 1.73. The van der Waals surface area contributed by atoms with Gasteiger partial charge in [0.15, 0.2) is 0 Å². The summed E-state index contributed by atoms with van der Waals surface area (Å²) in [5, 5.41) is 3.66. The highest BCUT2D eigenvalue weighted by Gasteiger charge is 2.22. The molecule has 0 saturated carbocycles. The lowest BCUT2D eigenvalue weighted by Crippen LogP contribution is -2.47. The third-order valence-electron chi connectivity index (χ3n) is 3.29. The molecule has 0 aliphatic carbocycles. The van der Waals surface area contributed by atoms with Crippen molar-refractivity contribution in [2.24, 2.45) is 5.92 Å². The summed E-state index contributed by atoms with van der Waals surface area (Å²) in [4.78, 5) is 2.42. The van der Waals surface area contributed by atoms with E-state index in [0.29, 0.717) is 12.1 Å². The van der Waals surface area contributed by atoms with E-state index in [9.17, 15) is 0 Å². The topological polar surface area (TPSA) is 24.5 Å². The fraction of sp³-hybridized carbons (Fsp3) is 1.00. The maximum atomic E-state index is 5.53. The van der Waals surface area contributed by atoms with E-state index in [2.05, 4.69) is 38.0 Å². The fourth-order valence-corrected chi connectivity index (χ4v) is 2.34. The molecule has 1 saturated heterocycles. The van der Waals surface area contributed by atoms with E-state index in [1.807, 2.05) is 0 Å². The molecular formula is C13H28N2O. The van der Waals surface area contributed by atoms with Crippen LogP contribution in [0.1, 0.15) is 33.6 Å². The van der Waals surface area contributed by atoms with Crippen LogP contribution in [0.3, 0.4) is 0 Å². The van der Waals surface area contributed by atoms with Gasteiger partial charge in [-0.05, 0) is 52.7 Å². The Morgan fingerprint density at radius 2 is 2.19 bits per heavy atom. The van der Waals surface area contributed by atoms with Crippen molar-refractivity contribution in [1.29, 1.82) is 0 Å². The average Bonchev–Trinajstić information content (AvgIpc) is 2.20. The van der Waals surface area contributed by atoms with Gasteiger partial charge < -0.3 is 15.0 Å². The largest absolute Gasteiger partial charge is 0.379 e. The maximum Gasteiger partial charge on any atom is 0.0518 e. The highest BCUT2D eigenvalue weighted by Crippen LogP contribution is 2.15. The Bertz CT molecular complexity index is 185. The normalized spacial score (nSPS) is 27.6. The predicted molar refractivity (Wildman–Crippen MR) is 68.8 cm³/mol. The Hall–Kier alpha value is -0.120. The van der Waals surface area contributed by atoms with Gasteiger partial charge in [-0.25, -0.2) is 0 Å². The summed E-state index contributed by atoms with van der Waals surface area (Å²) in [6.45, 7) is 10.9. The minimum atomic E-state index is 0.363. The second-order valence-electron chi connectivity index (χ2n) is 5.36. The molecule has 3 nitrogen and oxygen atoms in total. The third kappa shape index (κ3) is 5.28. The summed E-state index contributed by atoms with van der Waals surface area (Å²) < 4.78 is 5.53. The van der Waals surface area contributed by atoms with Crippen molar-refractivity contribution < 1.29 is 4.74 Å². The van der Waals surface area contributed by atoms with E-state index in [4.69, 9.17) is 4.74 Å². The van der Waals surface area contributed by atoms with Crippen molar-refractivity contribution in [2.75, 3.05) is 33.3 Å². The molecule has 0 aromatic carbocycles. The summed E-state index contributed by atoms with van der Waals surface area (Å²) in [6.07, 6.45) is 2.77. The number of nitrogens with zero attached hydrogens (tertiary/aromatic N) is 1. The number of nitrogens with one attached hydrogen (secondary N) is 1. The van der Waals surface area contributed by atoms with Crippen molar-refractivity contribution in [2.45, 2.75) is 45.8 Å². The van der Waals surface area contributed by atoms with Gasteiger partial charge >= 0.3 is 0 Å². The zero-order valence-corrected chi connectivity index (χ0v) is 11.3. The summed E-state index contributed by atoms with van der Waals surface area (Å²) in [5.74, 6) is 0.768. The number of piperidine rings is 1. The third-order valence-corrected chi connectivity index (χ3v) is 3.29. The molecule has 1 heterocycles. The highest BCUT2D eigenvalue weighted by molar-refractivity contribution is 4.81. The van der Waals surface area contributed by atoms with Gasteiger partial charge in [-0.3, -0.25) is 0 Å². The number of rotatable bonds is 6. The lowest BCUT2D eigenvalue weighted by atomic mass is 9.94. The van der Waals surface area contributed by atoms with E-state index >= 15 is 0 Å². The SMILES string of the molecule is CC(C)OCCCNC1CCN(C)CC1C. The average molecular weight is 228 g/mol. The summed E-state index contributed by atoms with van der Waals surface area (Å²) in [6, 6.07) is 0.704. The standard InChI is InChI=1S/C13H28N2O/c1-11(2)16-9-5-7-14-13-6-8-15(4)10-12(13)3/h11-14H,5-10H2,1-4H3. The first kappa shape index (κ1) is 13.9. The van der Waals surface area contributed by atoms with Crippen LogP contribution in [0.2, 0.25) is 0 Å². The molecular weight excluding hydrogens is 200 g/mol. The number of hydrogen-bond donors (Lipinski definition) is 1. The van der Waals surface area contributed by atoms with Crippen molar-refractivity contribution in [3.8, 4) is 0 Å². The van der Waals surface area contributed by atoms with Crippen LogP contribution < -0.4 is 5.32 Å². The minimum Gasteiger partial charge on any atom is -0.379 e. The highest BCUT2D eigenvalue weighted by atomic mass is 16.5. The van der Waals surface area contributed by atoms with Crippen LogP contribution in [-0.4, -0.2) is 50.3 Å². The Morgan fingerprint density at radius 3 is 2.81 bits per heavy atom. The van der Waals surface area contributed by atoms with Crippen LogP contribution >= 0.6 is 0 Å². The fourth-order valence-electron chi connectivity index (χ4n) is 2.34. The minimum absolute atomic E-state index is 0.363. The first-order valence-electron chi connectivity index (χ1n) is 6.63. The first-order chi connectivity index (χ1) is 7.59. The molecule has 96 valence electrons. The Kier molecular flexibility index (Phi) is 6.32. The van der Waals surface area contributed by atoms with Crippen molar-refractivity contribution in [3.63, 3.8) is 0 Å². The second kappa shape index (κ2) is 7.25. The molecule has 1 aliphatic heterocycles. The Labute approximate surface area is 101 Å². The van der Waals surface area contributed by atoms with E-state index < -0.39 is 0 Å². The van der Waals surface area contributed by atoms with Crippen molar-refractivity contribution in [1.82, 2.24) is 10.2 Å². The molecule has 0 bridgehead atoms. The summed E-state index contributed by atoms with van der Waals surface area (Å²) in [7, 11) is 2.21. The Balaban J connectivity index is 2.04. The maximum absolute atomic E-state index is 5.53. The molecule has 1 fully saturated rings. The molecule has 0 aromatic rings. The number of likely N-dealkylation sites (tertiary alicyclic amines) is 1. The molecule has 1 N–H and O–H groups in total. The molecule has 16 heavy (non-hydrogen) atoms. The molecule has 2 atom stereocenters. The van der Waals surface area contributed by atoms with Gasteiger partial charge in [0.25, 0.3) is 0 Å². The van der Waals surface area contributed by atoms with Gasteiger partial charge in [-0.15, -0.1) is 0 Å². The molecule has 3 heteroatoms. The van der Waals surface area contributed by atoms with Gasteiger partial charge in [-0.2, -0.15) is 0 Å². The molecule has 0 amide bonds. The second-order valence-corrected chi connectivity index (χ2v) is 5.36. The van der Waals surface area contributed by atoms with E-state index in [1.165, 1.54) is 19.5 Å². The number of hydrogen-bond acceptors (Lipinski definition) is 3. The first-order valence-corrected chi connectivity index (χ1v) is 6.63. The van der Waals surface area contributed by atoms with E-state index in [1.54, 1.807) is 0 Å². The molecule has 0 radical (unpaired) electrons. The monoisotopic (exact) mass is 228 g/mol. The zero-order valence-electron chi connectivity index (χ0n) is 11.3. The van der Waals surface area contributed by atoms with Crippen LogP contribution in [0.5, 0.6) is 0 Å². The molecule has 0 spiro atoms. The lowest BCUT2D eigenvalue weighted by molar-refractivity contribution is 0.0754. The van der Waals surface area contributed by atoms with Crippen LogP contribution in [0.15, 0.2) is 0 Å². The van der Waals surface area contributed by atoms with Gasteiger partial charge in [0, 0.05) is 19.2 Å². The molecule has 1 rings (SSSR count). The zero-order chi connectivity index (χ0) is 12.0. The van der Waals surface area contributed by atoms with E-state index in [-0.39, 0.29) is 0 Å². The van der Waals surface area contributed by atoms with Gasteiger partial charge in [0.05, 0.1) is 6.10 Å². The van der Waals surface area contributed by atoms with Gasteiger partial charge in [0.1, 0.15) is 0 Å². The summed E-state index contributed by atoms with van der Waals surface area (Å²) in [5.41, 5.74) is 0. The van der Waals surface area contributed by atoms with Crippen LogP contribution in [0.4, 0.5) is 0 Å². The van der Waals surface area contributed by atoms with Crippen molar-refractivity contribution in [3.05, 3.63) is 0 Å². The van der Waals surface area contributed by atoms with Crippen LogP contribution in [0.25, 0.3) is 0 Å². The van der Waals surface area contributed by atoms with Gasteiger partial charge in [0.2, 0.25) is 0 Å². The van der Waals surface area contributed by atoms with Crippen LogP contribution in [0, 0.1) is 5.92 Å². The Morgan fingerprint density at radius 1 is 1.44 bits per heavy atom. The smallest absolute Gasteiger partial charge is 0.0518 e. The number of ether oxygens (including phenoxy) is 1. The summed E-state index contributed by atoms with van der Waals surface area (Å²) >= 11 is 0. The van der Waals surface area contributed by atoms with Crippen molar-refractivity contribution >= 4 is 0 Å². The van der Waals surface area contributed by atoms with E-state index in [0.717, 1.165) is 25.5 Å². The van der Waals surface area contributed by atoms with Crippen LogP contribution in [-0.2, 0) is 4.74 Å². The molecule has 1 aliphatic rings. The lowest BCUT2D eigenvalue weighted by Gasteiger charge is -2.35.